The maximum absolute atomic E-state index is 13.1. The van der Waals surface area contributed by atoms with E-state index >= 15 is 0 Å². The van der Waals surface area contributed by atoms with Crippen LogP contribution < -0.4 is 0 Å². The molecular formula is C81H158O17P2. The van der Waals surface area contributed by atoms with Crippen LogP contribution in [0.2, 0.25) is 0 Å². The smallest absolute Gasteiger partial charge is 0.462 e. The fourth-order valence-corrected chi connectivity index (χ4v) is 14.1. The van der Waals surface area contributed by atoms with Gasteiger partial charge in [-0.2, -0.15) is 0 Å². The van der Waals surface area contributed by atoms with Gasteiger partial charge in [0.2, 0.25) is 0 Å². The number of rotatable bonds is 80. The number of unbranched alkanes of at least 4 members (excludes halogenated alkanes) is 49. The van der Waals surface area contributed by atoms with Crippen LogP contribution in [0, 0.1) is 11.8 Å². The molecular weight excluding hydrogens is 1310 g/mol. The minimum Gasteiger partial charge on any atom is -0.462 e. The van der Waals surface area contributed by atoms with Gasteiger partial charge in [0, 0.05) is 25.7 Å². The topological polar surface area (TPSA) is 237 Å². The molecule has 19 heteroatoms. The van der Waals surface area contributed by atoms with Crippen LogP contribution in [0.1, 0.15) is 427 Å². The molecule has 0 heterocycles. The molecule has 0 saturated heterocycles. The van der Waals surface area contributed by atoms with Gasteiger partial charge in [0.05, 0.1) is 26.4 Å². The molecule has 594 valence electrons. The number of aliphatic hydroxyl groups excluding tert-OH is 1. The van der Waals surface area contributed by atoms with Gasteiger partial charge in [0.15, 0.2) is 12.2 Å². The lowest BCUT2D eigenvalue weighted by Gasteiger charge is -2.21. The lowest BCUT2D eigenvalue weighted by atomic mass is 9.99. The minimum atomic E-state index is -4.96. The van der Waals surface area contributed by atoms with Gasteiger partial charge in [0.25, 0.3) is 0 Å². The van der Waals surface area contributed by atoms with Crippen molar-refractivity contribution in [1.29, 1.82) is 0 Å². The standard InChI is InChI=1S/C81H158O17P2/c1-7-10-12-14-16-18-20-25-33-39-45-51-57-63-78(83)91-69-76(97-80(85)65-59-53-47-41-35-26-21-19-17-15-13-11-8-2)71-95-99(87,88)93-67-75(82)68-94-100(89,90)96-72-77(70-92-79(84)64-58-52-46-40-34-30-24-27-31-37-43-49-55-61-73(4)5)98-81(86)66-60-54-48-42-36-29-23-22-28-32-38-44-50-56-62-74(6)9-3/h73-77,82H,7-72H2,1-6H3,(H,87,88)(H,89,90)/t74?,75-,76+,77+/m0/s1. The summed E-state index contributed by atoms with van der Waals surface area (Å²) in [7, 11) is -9.92. The Balaban J connectivity index is 5.26. The number of phosphoric ester groups is 2. The Morgan fingerprint density at radius 2 is 0.510 bits per heavy atom. The number of hydrogen-bond acceptors (Lipinski definition) is 15. The first kappa shape index (κ1) is 98.1. The van der Waals surface area contributed by atoms with Crippen molar-refractivity contribution >= 4 is 39.5 Å². The van der Waals surface area contributed by atoms with Crippen LogP contribution >= 0.6 is 15.6 Å². The van der Waals surface area contributed by atoms with Gasteiger partial charge in [-0.25, -0.2) is 9.13 Å². The largest absolute Gasteiger partial charge is 0.472 e. The average Bonchev–Trinajstić information content (AvgIpc) is 0.928. The summed E-state index contributed by atoms with van der Waals surface area (Å²) >= 11 is 0. The van der Waals surface area contributed by atoms with Gasteiger partial charge >= 0.3 is 39.5 Å². The van der Waals surface area contributed by atoms with Gasteiger partial charge in [-0.1, -0.05) is 375 Å². The molecule has 0 aliphatic rings. The summed E-state index contributed by atoms with van der Waals surface area (Å²) in [4.78, 5) is 73.1. The fourth-order valence-electron chi connectivity index (χ4n) is 12.5. The first-order valence-corrected chi connectivity index (χ1v) is 45.0. The van der Waals surface area contributed by atoms with E-state index in [1.54, 1.807) is 0 Å². The van der Waals surface area contributed by atoms with E-state index in [1.807, 2.05) is 0 Å². The number of esters is 4. The average molecular weight is 1470 g/mol. The first-order chi connectivity index (χ1) is 48.4. The first-order valence-electron chi connectivity index (χ1n) is 42.0. The molecule has 0 rings (SSSR count). The highest BCUT2D eigenvalue weighted by Crippen LogP contribution is 2.45. The van der Waals surface area contributed by atoms with Gasteiger partial charge in [-0.05, 0) is 37.5 Å². The molecule has 0 aliphatic carbocycles. The molecule has 0 aliphatic heterocycles. The Bertz CT molecular complexity index is 1930. The van der Waals surface area contributed by atoms with Crippen LogP contribution in [-0.2, 0) is 65.4 Å². The maximum Gasteiger partial charge on any atom is 0.472 e. The van der Waals surface area contributed by atoms with Gasteiger partial charge < -0.3 is 33.8 Å². The summed E-state index contributed by atoms with van der Waals surface area (Å²) < 4.78 is 68.8. The zero-order valence-corrected chi connectivity index (χ0v) is 67.3. The van der Waals surface area contributed by atoms with E-state index in [4.69, 9.17) is 37.0 Å². The molecule has 0 radical (unpaired) electrons. The van der Waals surface area contributed by atoms with Crippen molar-refractivity contribution in [3.63, 3.8) is 0 Å². The Morgan fingerprint density at radius 1 is 0.290 bits per heavy atom. The molecule has 3 unspecified atom stereocenters. The van der Waals surface area contributed by atoms with Gasteiger partial charge in [-0.3, -0.25) is 37.3 Å². The van der Waals surface area contributed by atoms with Gasteiger partial charge in [0.1, 0.15) is 19.3 Å². The molecule has 0 aromatic rings. The number of phosphoric acid groups is 2. The van der Waals surface area contributed by atoms with Crippen molar-refractivity contribution in [2.24, 2.45) is 11.8 Å². The van der Waals surface area contributed by atoms with E-state index < -0.39 is 97.5 Å². The molecule has 0 saturated carbocycles. The molecule has 0 bridgehead atoms. The van der Waals surface area contributed by atoms with Crippen molar-refractivity contribution in [2.75, 3.05) is 39.6 Å². The monoisotopic (exact) mass is 1470 g/mol. The second-order valence-corrected chi connectivity index (χ2v) is 32.8. The number of hydrogen-bond donors (Lipinski definition) is 3. The van der Waals surface area contributed by atoms with E-state index in [2.05, 4.69) is 41.5 Å². The van der Waals surface area contributed by atoms with Crippen LogP contribution in [0.15, 0.2) is 0 Å². The van der Waals surface area contributed by atoms with Crippen molar-refractivity contribution in [2.45, 2.75) is 445 Å². The normalized spacial score (nSPS) is 14.2. The second-order valence-electron chi connectivity index (χ2n) is 29.9. The van der Waals surface area contributed by atoms with Crippen LogP contribution in [0.3, 0.4) is 0 Å². The van der Waals surface area contributed by atoms with E-state index in [-0.39, 0.29) is 25.7 Å². The van der Waals surface area contributed by atoms with Crippen LogP contribution in [0.25, 0.3) is 0 Å². The third-order valence-electron chi connectivity index (χ3n) is 19.3. The molecule has 17 nitrogen and oxygen atoms in total. The molecule has 0 aromatic heterocycles. The highest BCUT2D eigenvalue weighted by molar-refractivity contribution is 7.47. The highest BCUT2D eigenvalue weighted by atomic mass is 31.2. The summed E-state index contributed by atoms with van der Waals surface area (Å²) in [6, 6.07) is 0. The molecule has 100 heavy (non-hydrogen) atoms. The fraction of sp³-hybridized carbons (Fsp3) is 0.951. The predicted molar refractivity (Wildman–Crippen MR) is 409 cm³/mol. The number of ether oxygens (including phenoxy) is 4. The third-order valence-corrected chi connectivity index (χ3v) is 21.2. The SMILES string of the molecule is CCCCCCCCCCCCCCCC(=O)OC[C@H](COP(=O)(O)OC[C@H](O)COP(=O)(O)OC[C@@H](COC(=O)CCCCCCCCCCCCCCCC(C)C)OC(=O)CCCCCCCCCCCCCCCCC(C)CC)OC(=O)CCCCCCCCCCCCCCC. The Labute approximate surface area is 613 Å². The number of aliphatic hydroxyl groups is 1. The summed E-state index contributed by atoms with van der Waals surface area (Å²) in [5.74, 6) is -0.468. The van der Waals surface area contributed by atoms with Crippen LogP contribution in [-0.4, -0.2) is 96.7 Å². The lowest BCUT2D eigenvalue weighted by Crippen LogP contribution is -2.30. The van der Waals surface area contributed by atoms with E-state index in [0.717, 1.165) is 102 Å². The lowest BCUT2D eigenvalue weighted by molar-refractivity contribution is -0.161. The van der Waals surface area contributed by atoms with E-state index in [0.29, 0.717) is 25.7 Å². The second kappa shape index (κ2) is 72.6. The summed E-state index contributed by atoms with van der Waals surface area (Å²) in [6.45, 7) is 9.72. The number of carbonyl (C=O) groups excluding carboxylic acids is 4. The van der Waals surface area contributed by atoms with Crippen molar-refractivity contribution < 1.29 is 80.2 Å². The summed E-state index contributed by atoms with van der Waals surface area (Å²) in [6.07, 6.45) is 62.1. The van der Waals surface area contributed by atoms with E-state index in [1.165, 1.54) is 244 Å². The highest BCUT2D eigenvalue weighted by Gasteiger charge is 2.30. The summed E-state index contributed by atoms with van der Waals surface area (Å²) in [5.41, 5.74) is 0. The van der Waals surface area contributed by atoms with Crippen molar-refractivity contribution in [3.05, 3.63) is 0 Å². The van der Waals surface area contributed by atoms with E-state index in [9.17, 15) is 43.2 Å². The van der Waals surface area contributed by atoms with Crippen LogP contribution in [0.5, 0.6) is 0 Å². The predicted octanol–water partition coefficient (Wildman–Crippen LogP) is 24.3. The zero-order chi connectivity index (χ0) is 73.5. The maximum atomic E-state index is 13.1. The zero-order valence-electron chi connectivity index (χ0n) is 65.5. The van der Waals surface area contributed by atoms with Crippen LogP contribution in [0.4, 0.5) is 0 Å². The Hall–Kier alpha value is -1.94. The Morgan fingerprint density at radius 3 is 0.760 bits per heavy atom. The van der Waals surface area contributed by atoms with Crippen molar-refractivity contribution in [3.8, 4) is 0 Å². The number of carbonyl (C=O) groups is 4. The minimum absolute atomic E-state index is 0.108. The quantitative estimate of drug-likeness (QED) is 0.0222. The Kier molecular flexibility index (Phi) is 71.2. The van der Waals surface area contributed by atoms with Gasteiger partial charge in [-0.15, -0.1) is 0 Å². The van der Waals surface area contributed by atoms with Crippen molar-refractivity contribution in [1.82, 2.24) is 0 Å². The molecule has 0 fully saturated rings. The molecule has 6 atom stereocenters. The summed E-state index contributed by atoms with van der Waals surface area (Å²) in [5, 5.41) is 10.6. The molecule has 3 N–H and O–H groups in total. The third kappa shape index (κ3) is 73.0. The molecule has 0 aromatic carbocycles. The molecule has 0 spiro atoms. The molecule has 0 amide bonds.